The van der Waals surface area contributed by atoms with Crippen LogP contribution < -0.4 is 10.1 Å². The van der Waals surface area contributed by atoms with Crippen LogP contribution in [0.4, 0.5) is 0 Å². The van der Waals surface area contributed by atoms with E-state index in [4.69, 9.17) is 4.74 Å². The summed E-state index contributed by atoms with van der Waals surface area (Å²) >= 11 is 0. The van der Waals surface area contributed by atoms with Gasteiger partial charge in [0.25, 0.3) is 0 Å². The lowest BCUT2D eigenvalue weighted by molar-refractivity contribution is 0.317. The Morgan fingerprint density at radius 3 is 2.48 bits per heavy atom. The van der Waals surface area contributed by atoms with Gasteiger partial charge in [-0.2, -0.15) is 0 Å². The monoisotopic (exact) mass is 281 g/mol. The third kappa shape index (κ3) is 3.27. The van der Waals surface area contributed by atoms with E-state index >= 15 is 0 Å². The van der Waals surface area contributed by atoms with Crippen molar-refractivity contribution in [1.82, 2.24) is 5.32 Å². The van der Waals surface area contributed by atoms with Crippen molar-refractivity contribution < 1.29 is 4.74 Å². The normalized spacial score (nSPS) is 21.4. The fourth-order valence-electron chi connectivity index (χ4n) is 3.10. The maximum Gasteiger partial charge on any atom is 0.119 e. The van der Waals surface area contributed by atoms with Gasteiger partial charge in [0.05, 0.1) is 6.61 Å². The van der Waals surface area contributed by atoms with Crippen molar-refractivity contribution in [3.63, 3.8) is 0 Å². The Balaban J connectivity index is 1.76. The van der Waals surface area contributed by atoms with Crippen LogP contribution in [0.3, 0.4) is 0 Å². The molecule has 2 heteroatoms. The molecular formula is C19H23NO. The van der Waals surface area contributed by atoms with Crippen molar-refractivity contribution >= 4 is 0 Å². The maximum absolute atomic E-state index is 5.66. The molecule has 1 aliphatic rings. The van der Waals surface area contributed by atoms with Crippen molar-refractivity contribution in [2.24, 2.45) is 0 Å². The second-order valence-electron chi connectivity index (χ2n) is 5.66. The second kappa shape index (κ2) is 6.77. The zero-order valence-corrected chi connectivity index (χ0v) is 12.6. The van der Waals surface area contributed by atoms with Gasteiger partial charge in [0.15, 0.2) is 0 Å². The van der Waals surface area contributed by atoms with Gasteiger partial charge in [-0.3, -0.25) is 0 Å². The first-order valence-electron chi connectivity index (χ1n) is 7.89. The Bertz CT molecular complexity index is 550. The van der Waals surface area contributed by atoms with E-state index in [1.165, 1.54) is 17.5 Å². The molecule has 3 rings (SSSR count). The topological polar surface area (TPSA) is 21.3 Å². The Hall–Kier alpha value is -1.80. The van der Waals surface area contributed by atoms with Crippen LogP contribution in [0.5, 0.6) is 5.75 Å². The van der Waals surface area contributed by atoms with Crippen LogP contribution >= 0.6 is 0 Å². The van der Waals surface area contributed by atoms with Crippen LogP contribution in [-0.4, -0.2) is 13.2 Å². The first kappa shape index (κ1) is 14.2. The third-order valence-electron chi connectivity index (χ3n) is 4.16. The average Bonchev–Trinajstić information content (AvgIpc) is 3.04. The highest BCUT2D eigenvalue weighted by Gasteiger charge is 2.29. The molecule has 2 aromatic carbocycles. The molecule has 2 atom stereocenters. The molecule has 0 radical (unpaired) electrons. The molecule has 0 bridgehead atoms. The summed E-state index contributed by atoms with van der Waals surface area (Å²) < 4.78 is 5.66. The van der Waals surface area contributed by atoms with Crippen molar-refractivity contribution in [3.05, 3.63) is 65.7 Å². The molecule has 110 valence electrons. The van der Waals surface area contributed by atoms with Crippen molar-refractivity contribution in [1.29, 1.82) is 0 Å². The van der Waals surface area contributed by atoms with Gasteiger partial charge in [-0.1, -0.05) is 49.4 Å². The second-order valence-corrected chi connectivity index (χ2v) is 5.66. The molecule has 0 aromatic heterocycles. The van der Waals surface area contributed by atoms with E-state index in [0.717, 1.165) is 25.3 Å². The van der Waals surface area contributed by atoms with E-state index in [1.807, 2.05) is 0 Å². The van der Waals surface area contributed by atoms with Gasteiger partial charge >= 0.3 is 0 Å². The van der Waals surface area contributed by atoms with Gasteiger partial charge in [0, 0.05) is 12.0 Å². The Labute approximate surface area is 127 Å². The fourth-order valence-corrected chi connectivity index (χ4v) is 3.10. The minimum atomic E-state index is 0.410. The molecule has 21 heavy (non-hydrogen) atoms. The third-order valence-corrected chi connectivity index (χ3v) is 4.16. The summed E-state index contributed by atoms with van der Waals surface area (Å²) in [6, 6.07) is 19.8. The van der Waals surface area contributed by atoms with E-state index in [2.05, 4.69) is 66.8 Å². The summed E-state index contributed by atoms with van der Waals surface area (Å²) in [5, 5.41) is 3.64. The van der Waals surface area contributed by atoms with Gasteiger partial charge < -0.3 is 10.1 Å². The van der Waals surface area contributed by atoms with Gasteiger partial charge in [-0.15, -0.1) is 0 Å². The van der Waals surface area contributed by atoms with E-state index in [0.29, 0.717) is 12.0 Å². The molecule has 0 spiro atoms. The Kier molecular flexibility index (Phi) is 4.56. The highest BCUT2D eigenvalue weighted by Crippen LogP contribution is 2.37. The van der Waals surface area contributed by atoms with E-state index in [-0.39, 0.29) is 0 Å². The first-order chi connectivity index (χ1) is 10.4. The molecule has 1 saturated heterocycles. The zero-order chi connectivity index (χ0) is 14.5. The number of ether oxygens (including phenoxy) is 1. The van der Waals surface area contributed by atoms with Crippen molar-refractivity contribution in [3.8, 4) is 5.75 Å². The van der Waals surface area contributed by atoms with E-state index in [1.54, 1.807) is 0 Å². The summed E-state index contributed by atoms with van der Waals surface area (Å²) in [5.41, 5.74) is 2.78. The van der Waals surface area contributed by atoms with Crippen LogP contribution in [0.2, 0.25) is 0 Å². The van der Waals surface area contributed by atoms with Gasteiger partial charge in [0.1, 0.15) is 5.75 Å². The van der Waals surface area contributed by atoms with Gasteiger partial charge in [-0.25, -0.2) is 0 Å². The molecule has 2 unspecified atom stereocenters. The molecule has 0 saturated carbocycles. The predicted molar refractivity (Wildman–Crippen MR) is 86.8 cm³/mol. The van der Waals surface area contributed by atoms with Crippen LogP contribution in [0.15, 0.2) is 54.6 Å². The van der Waals surface area contributed by atoms with Gasteiger partial charge in [0.2, 0.25) is 0 Å². The van der Waals surface area contributed by atoms with Crippen LogP contribution in [0.1, 0.15) is 42.9 Å². The van der Waals surface area contributed by atoms with E-state index < -0.39 is 0 Å². The summed E-state index contributed by atoms with van der Waals surface area (Å²) in [5.74, 6) is 1.53. The Morgan fingerprint density at radius 2 is 1.76 bits per heavy atom. The number of nitrogens with one attached hydrogen (secondary N) is 1. The lowest BCUT2D eigenvalue weighted by atomic mass is 9.88. The Morgan fingerprint density at radius 1 is 1.00 bits per heavy atom. The molecule has 1 heterocycles. The summed E-state index contributed by atoms with van der Waals surface area (Å²) in [6.07, 6.45) is 2.24. The molecule has 0 aliphatic carbocycles. The summed E-state index contributed by atoms with van der Waals surface area (Å²) in [4.78, 5) is 0. The quantitative estimate of drug-likeness (QED) is 0.882. The summed E-state index contributed by atoms with van der Waals surface area (Å²) in [6.45, 7) is 3.99. The molecular weight excluding hydrogens is 258 g/mol. The molecule has 2 aromatic rings. The number of hydrogen-bond acceptors (Lipinski definition) is 2. The minimum Gasteiger partial charge on any atom is -0.494 e. The number of hydrogen-bond donors (Lipinski definition) is 1. The first-order valence-corrected chi connectivity index (χ1v) is 7.89. The number of benzene rings is 2. The standard InChI is InChI=1S/C19H23NO/c1-2-14-21-17-10-8-16(9-11-17)19-18(12-13-20-19)15-6-4-3-5-7-15/h3-11,18-20H,2,12-14H2,1H3. The SMILES string of the molecule is CCCOc1ccc(C2NCCC2c2ccccc2)cc1. The zero-order valence-electron chi connectivity index (χ0n) is 12.6. The lowest BCUT2D eigenvalue weighted by Crippen LogP contribution is -2.16. The largest absolute Gasteiger partial charge is 0.494 e. The van der Waals surface area contributed by atoms with Gasteiger partial charge in [-0.05, 0) is 42.6 Å². The molecule has 1 fully saturated rings. The van der Waals surface area contributed by atoms with Crippen molar-refractivity contribution in [2.75, 3.05) is 13.2 Å². The maximum atomic E-state index is 5.66. The van der Waals surface area contributed by atoms with Crippen LogP contribution in [0.25, 0.3) is 0 Å². The molecule has 1 aliphatic heterocycles. The van der Waals surface area contributed by atoms with E-state index in [9.17, 15) is 0 Å². The average molecular weight is 281 g/mol. The smallest absolute Gasteiger partial charge is 0.119 e. The molecule has 0 amide bonds. The van der Waals surface area contributed by atoms with Crippen molar-refractivity contribution in [2.45, 2.75) is 31.7 Å². The fraction of sp³-hybridized carbons (Fsp3) is 0.368. The van der Waals surface area contributed by atoms with Crippen LogP contribution in [-0.2, 0) is 0 Å². The predicted octanol–water partition coefficient (Wildman–Crippen LogP) is 4.29. The number of rotatable bonds is 5. The summed E-state index contributed by atoms with van der Waals surface area (Å²) in [7, 11) is 0. The van der Waals surface area contributed by atoms with Crippen LogP contribution in [0, 0.1) is 0 Å². The molecule has 1 N–H and O–H groups in total. The highest BCUT2D eigenvalue weighted by molar-refractivity contribution is 5.33. The molecule has 2 nitrogen and oxygen atoms in total. The lowest BCUT2D eigenvalue weighted by Gasteiger charge is -2.20. The minimum absolute atomic E-state index is 0.410. The highest BCUT2D eigenvalue weighted by atomic mass is 16.5.